The molecular weight excluding hydrogens is 350 g/mol. The normalized spacial score (nSPS) is 13.6. The number of rotatable bonds is 6. The van der Waals surface area contributed by atoms with E-state index in [9.17, 15) is 9.59 Å². The van der Waals surface area contributed by atoms with Crippen molar-refractivity contribution < 1.29 is 9.59 Å². The van der Waals surface area contributed by atoms with Gasteiger partial charge in [0, 0.05) is 29.7 Å². The summed E-state index contributed by atoms with van der Waals surface area (Å²) < 4.78 is 0. The van der Waals surface area contributed by atoms with Gasteiger partial charge in [0.1, 0.15) is 0 Å². The van der Waals surface area contributed by atoms with Crippen LogP contribution in [0.4, 0.5) is 10.5 Å². The van der Waals surface area contributed by atoms with Gasteiger partial charge < -0.3 is 16.0 Å². The third-order valence-corrected chi connectivity index (χ3v) is 4.77. The third-order valence-electron chi connectivity index (χ3n) is 4.52. The van der Waals surface area contributed by atoms with Crippen LogP contribution in [0.3, 0.4) is 0 Å². The van der Waals surface area contributed by atoms with Crippen LogP contribution < -0.4 is 16.0 Å². The van der Waals surface area contributed by atoms with Gasteiger partial charge in [-0.15, -0.1) is 0 Å². The Morgan fingerprint density at radius 2 is 1.46 bits per heavy atom. The quantitative estimate of drug-likeness (QED) is 0.716. The van der Waals surface area contributed by atoms with Crippen molar-refractivity contribution in [1.82, 2.24) is 10.6 Å². The van der Waals surface area contributed by atoms with Gasteiger partial charge in [-0.3, -0.25) is 4.79 Å². The highest BCUT2D eigenvalue weighted by Crippen LogP contribution is 2.26. The van der Waals surface area contributed by atoms with E-state index in [1.807, 2.05) is 36.4 Å². The zero-order valence-corrected chi connectivity index (χ0v) is 15.2. The van der Waals surface area contributed by atoms with Crippen molar-refractivity contribution in [1.29, 1.82) is 0 Å². The Bertz CT molecular complexity index is 756. The first-order chi connectivity index (χ1) is 12.6. The predicted molar refractivity (Wildman–Crippen MR) is 103 cm³/mol. The lowest BCUT2D eigenvalue weighted by atomic mass is 9.85. The number of hydrogen-bond acceptors (Lipinski definition) is 2. The van der Waals surface area contributed by atoms with Crippen LogP contribution in [0.1, 0.15) is 30.4 Å². The van der Waals surface area contributed by atoms with E-state index in [1.54, 1.807) is 12.1 Å². The Morgan fingerprint density at radius 3 is 2.04 bits per heavy atom. The van der Waals surface area contributed by atoms with Gasteiger partial charge in [-0.25, -0.2) is 4.79 Å². The Kier molecular flexibility index (Phi) is 6.12. The summed E-state index contributed by atoms with van der Waals surface area (Å²) in [5.41, 5.74) is 2.68. The first-order valence-electron chi connectivity index (χ1n) is 8.76. The first kappa shape index (κ1) is 18.3. The molecule has 0 radical (unpaired) electrons. The second-order valence-corrected chi connectivity index (χ2v) is 6.91. The number of carbonyl (C=O) groups is 2. The Morgan fingerprint density at radius 1 is 0.885 bits per heavy atom. The maximum atomic E-state index is 12.0. The SMILES string of the molecule is O=C(NCc1ccc(Cl)cc1)Nc1ccc(CNC(=O)C2CCC2)cc1. The predicted octanol–water partition coefficient (Wildman–Crippen LogP) is 4.08. The summed E-state index contributed by atoms with van der Waals surface area (Å²) in [7, 11) is 0. The molecule has 3 amide bonds. The number of benzene rings is 2. The maximum Gasteiger partial charge on any atom is 0.319 e. The van der Waals surface area contributed by atoms with Crippen molar-refractivity contribution in [3.05, 3.63) is 64.7 Å². The first-order valence-corrected chi connectivity index (χ1v) is 9.14. The van der Waals surface area contributed by atoms with Crippen molar-refractivity contribution in [2.24, 2.45) is 5.92 Å². The molecule has 0 unspecified atom stereocenters. The fourth-order valence-corrected chi connectivity index (χ4v) is 2.80. The molecule has 0 atom stereocenters. The van der Waals surface area contributed by atoms with Crippen molar-refractivity contribution >= 4 is 29.2 Å². The van der Waals surface area contributed by atoms with Crippen LogP contribution in [0.25, 0.3) is 0 Å². The topological polar surface area (TPSA) is 70.2 Å². The second kappa shape index (κ2) is 8.72. The summed E-state index contributed by atoms with van der Waals surface area (Å²) in [6, 6.07) is 14.5. The van der Waals surface area contributed by atoms with Gasteiger partial charge in [0.15, 0.2) is 0 Å². The van der Waals surface area contributed by atoms with E-state index in [4.69, 9.17) is 11.6 Å². The second-order valence-electron chi connectivity index (χ2n) is 6.48. The summed E-state index contributed by atoms with van der Waals surface area (Å²) in [6.45, 7) is 0.937. The fourth-order valence-electron chi connectivity index (χ4n) is 2.67. The van der Waals surface area contributed by atoms with E-state index in [1.165, 1.54) is 0 Å². The molecule has 1 aliphatic carbocycles. The molecule has 3 rings (SSSR count). The average Bonchev–Trinajstić information content (AvgIpc) is 2.59. The molecule has 136 valence electrons. The fraction of sp³-hybridized carbons (Fsp3) is 0.300. The number of halogens is 1. The molecule has 6 heteroatoms. The number of nitrogens with one attached hydrogen (secondary N) is 3. The van der Waals surface area contributed by atoms with E-state index in [2.05, 4.69) is 16.0 Å². The van der Waals surface area contributed by atoms with E-state index in [0.717, 1.165) is 30.4 Å². The van der Waals surface area contributed by atoms with E-state index in [0.29, 0.717) is 23.8 Å². The number of urea groups is 1. The zero-order chi connectivity index (χ0) is 18.4. The van der Waals surface area contributed by atoms with Crippen LogP contribution in [-0.4, -0.2) is 11.9 Å². The number of hydrogen-bond donors (Lipinski definition) is 3. The van der Waals surface area contributed by atoms with Crippen LogP contribution in [-0.2, 0) is 17.9 Å². The van der Waals surface area contributed by atoms with Crippen LogP contribution in [0.15, 0.2) is 48.5 Å². The van der Waals surface area contributed by atoms with Crippen molar-refractivity contribution in [3.8, 4) is 0 Å². The molecule has 2 aromatic rings. The van der Waals surface area contributed by atoms with Crippen LogP contribution >= 0.6 is 11.6 Å². The molecule has 1 aliphatic rings. The maximum absolute atomic E-state index is 12.0. The summed E-state index contributed by atoms with van der Waals surface area (Å²) in [6.07, 6.45) is 3.15. The lowest BCUT2D eigenvalue weighted by molar-refractivity contribution is -0.127. The minimum absolute atomic E-state index is 0.139. The molecule has 0 bridgehead atoms. The lowest BCUT2D eigenvalue weighted by Gasteiger charge is -2.24. The standard InChI is InChI=1S/C20H22ClN3O2/c21-17-8-4-14(5-9-17)13-23-20(26)24-18-10-6-15(7-11-18)12-22-19(25)16-2-1-3-16/h4-11,16H,1-3,12-13H2,(H,22,25)(H2,23,24,26). The van der Waals surface area contributed by atoms with Crippen LogP contribution in [0.5, 0.6) is 0 Å². The number of carbonyl (C=O) groups excluding carboxylic acids is 2. The Hall–Kier alpha value is -2.53. The Balaban J connectivity index is 1.42. The summed E-state index contributed by atoms with van der Waals surface area (Å²) in [4.78, 5) is 23.8. The van der Waals surface area contributed by atoms with E-state index < -0.39 is 0 Å². The molecule has 1 saturated carbocycles. The molecule has 5 nitrogen and oxygen atoms in total. The van der Waals surface area contributed by atoms with Gasteiger partial charge in [0.05, 0.1) is 0 Å². The molecule has 0 heterocycles. The van der Waals surface area contributed by atoms with E-state index in [-0.39, 0.29) is 17.9 Å². The lowest BCUT2D eigenvalue weighted by Crippen LogP contribution is -2.33. The molecule has 0 aromatic heterocycles. The summed E-state index contributed by atoms with van der Waals surface area (Å²) in [5.74, 6) is 0.334. The smallest absolute Gasteiger partial charge is 0.319 e. The van der Waals surface area contributed by atoms with Crippen LogP contribution in [0.2, 0.25) is 5.02 Å². The minimum Gasteiger partial charge on any atom is -0.352 e. The van der Waals surface area contributed by atoms with Gasteiger partial charge in [0.2, 0.25) is 5.91 Å². The van der Waals surface area contributed by atoms with Gasteiger partial charge in [0.25, 0.3) is 0 Å². The van der Waals surface area contributed by atoms with Gasteiger partial charge >= 0.3 is 6.03 Å². The largest absolute Gasteiger partial charge is 0.352 e. The molecule has 2 aromatic carbocycles. The van der Waals surface area contributed by atoms with Crippen molar-refractivity contribution in [2.75, 3.05) is 5.32 Å². The van der Waals surface area contributed by atoms with Crippen molar-refractivity contribution in [2.45, 2.75) is 32.4 Å². The summed E-state index contributed by atoms with van der Waals surface area (Å²) in [5, 5.41) is 9.21. The Labute approximate surface area is 158 Å². The number of anilines is 1. The minimum atomic E-state index is -0.272. The molecule has 0 saturated heterocycles. The average molecular weight is 372 g/mol. The third kappa shape index (κ3) is 5.23. The highest BCUT2D eigenvalue weighted by molar-refractivity contribution is 6.30. The molecule has 3 N–H and O–H groups in total. The molecule has 26 heavy (non-hydrogen) atoms. The molecule has 1 fully saturated rings. The zero-order valence-electron chi connectivity index (χ0n) is 14.4. The molecule has 0 spiro atoms. The molecule has 0 aliphatic heterocycles. The number of amides is 3. The van der Waals surface area contributed by atoms with Gasteiger partial charge in [-0.1, -0.05) is 42.3 Å². The highest BCUT2D eigenvalue weighted by atomic mass is 35.5. The van der Waals surface area contributed by atoms with Crippen molar-refractivity contribution in [3.63, 3.8) is 0 Å². The van der Waals surface area contributed by atoms with E-state index >= 15 is 0 Å². The van der Waals surface area contributed by atoms with Crippen LogP contribution in [0, 0.1) is 5.92 Å². The van der Waals surface area contributed by atoms with Gasteiger partial charge in [-0.2, -0.15) is 0 Å². The monoisotopic (exact) mass is 371 g/mol. The highest BCUT2D eigenvalue weighted by Gasteiger charge is 2.24. The van der Waals surface area contributed by atoms with Gasteiger partial charge in [-0.05, 0) is 48.2 Å². The molecular formula is C20H22ClN3O2. The summed E-state index contributed by atoms with van der Waals surface area (Å²) >= 11 is 5.84.